The largest absolute Gasteiger partial charge is 0.399 e. The van der Waals surface area contributed by atoms with Gasteiger partial charge in [0, 0.05) is 17.3 Å². The number of nitrogens with zero attached hydrogens (tertiary/aromatic N) is 1. The molecule has 2 rings (SSSR count). The van der Waals surface area contributed by atoms with Gasteiger partial charge >= 0.3 is 0 Å². The molecule has 3 N–H and O–H groups in total. The summed E-state index contributed by atoms with van der Waals surface area (Å²) in [5.41, 5.74) is 9.19. The maximum atomic E-state index is 9.46. The summed E-state index contributed by atoms with van der Waals surface area (Å²) in [6.45, 7) is 4.31. The van der Waals surface area contributed by atoms with Crippen molar-refractivity contribution < 1.29 is 5.11 Å². The van der Waals surface area contributed by atoms with Crippen LogP contribution in [0.5, 0.6) is 0 Å². The lowest BCUT2D eigenvalue weighted by molar-refractivity contribution is 0.0448. The van der Waals surface area contributed by atoms with E-state index < -0.39 is 0 Å². The van der Waals surface area contributed by atoms with Crippen molar-refractivity contribution >= 4 is 5.69 Å². The molecule has 1 aromatic carbocycles. The van der Waals surface area contributed by atoms with Crippen molar-refractivity contribution in [2.45, 2.75) is 38.3 Å². The highest BCUT2D eigenvalue weighted by Crippen LogP contribution is 2.38. The van der Waals surface area contributed by atoms with Gasteiger partial charge in [-0.15, -0.1) is 0 Å². The minimum Gasteiger partial charge on any atom is -0.399 e. The second-order valence-electron chi connectivity index (χ2n) is 5.59. The predicted octanol–water partition coefficient (Wildman–Crippen LogP) is 1.96. The van der Waals surface area contributed by atoms with Crippen molar-refractivity contribution in [3.05, 3.63) is 29.3 Å². The normalized spacial score (nSPS) is 19.7. The van der Waals surface area contributed by atoms with E-state index in [9.17, 15) is 5.11 Å². The molecular weight excluding hydrogens is 212 g/mol. The molecule has 3 heteroatoms. The first-order chi connectivity index (χ1) is 7.95. The number of rotatable bonds is 3. The van der Waals surface area contributed by atoms with Gasteiger partial charge in [-0.1, -0.05) is 6.07 Å². The monoisotopic (exact) mass is 234 g/mol. The number of anilines is 1. The van der Waals surface area contributed by atoms with Gasteiger partial charge in [-0.25, -0.2) is 0 Å². The first-order valence-electron chi connectivity index (χ1n) is 6.18. The Hall–Kier alpha value is -1.06. The standard InChI is InChI=1S/C14H22N2O/c1-14(2,9-17)16(3)13-7-4-10-8-11(15)5-6-12(10)13/h5-6,8,13,17H,4,7,9,15H2,1-3H3. The lowest BCUT2D eigenvalue weighted by atomic mass is 9.99. The van der Waals surface area contributed by atoms with Crippen molar-refractivity contribution in [3.8, 4) is 0 Å². The Labute approximate surface area is 103 Å². The molecule has 0 amide bonds. The Bertz CT molecular complexity index is 415. The van der Waals surface area contributed by atoms with Gasteiger partial charge in [0.05, 0.1) is 6.61 Å². The third kappa shape index (κ3) is 2.17. The highest BCUT2D eigenvalue weighted by molar-refractivity contribution is 5.47. The molecule has 1 aliphatic carbocycles. The van der Waals surface area contributed by atoms with E-state index in [2.05, 4.69) is 37.9 Å². The van der Waals surface area contributed by atoms with Crippen molar-refractivity contribution in [1.82, 2.24) is 4.90 Å². The molecule has 0 bridgehead atoms. The molecule has 17 heavy (non-hydrogen) atoms. The zero-order valence-electron chi connectivity index (χ0n) is 10.9. The number of fused-ring (bicyclic) bond motifs is 1. The molecule has 0 aliphatic heterocycles. The highest BCUT2D eigenvalue weighted by atomic mass is 16.3. The Morgan fingerprint density at radius 1 is 1.47 bits per heavy atom. The van der Waals surface area contributed by atoms with E-state index >= 15 is 0 Å². The molecule has 0 radical (unpaired) electrons. The van der Waals surface area contributed by atoms with Crippen LogP contribution >= 0.6 is 0 Å². The summed E-state index contributed by atoms with van der Waals surface area (Å²) >= 11 is 0. The lowest BCUT2D eigenvalue weighted by Crippen LogP contribution is -2.45. The molecule has 0 spiro atoms. The quantitative estimate of drug-likeness (QED) is 0.786. The summed E-state index contributed by atoms with van der Waals surface area (Å²) in [6, 6.07) is 6.57. The maximum Gasteiger partial charge on any atom is 0.0610 e. The van der Waals surface area contributed by atoms with E-state index in [-0.39, 0.29) is 12.1 Å². The third-order valence-electron chi connectivity index (χ3n) is 4.02. The highest BCUT2D eigenvalue weighted by Gasteiger charge is 2.33. The molecule has 1 unspecified atom stereocenters. The van der Waals surface area contributed by atoms with E-state index in [0.717, 1.165) is 18.5 Å². The Morgan fingerprint density at radius 3 is 2.82 bits per heavy atom. The fourth-order valence-corrected chi connectivity index (χ4v) is 2.55. The minimum atomic E-state index is -0.187. The van der Waals surface area contributed by atoms with Crippen LogP contribution in [0.15, 0.2) is 18.2 Å². The molecule has 0 aromatic heterocycles. The molecule has 1 aromatic rings. The molecule has 3 nitrogen and oxygen atoms in total. The predicted molar refractivity (Wildman–Crippen MR) is 70.8 cm³/mol. The number of hydrogen-bond acceptors (Lipinski definition) is 3. The molecule has 1 aliphatic rings. The first-order valence-corrected chi connectivity index (χ1v) is 6.18. The Balaban J connectivity index is 2.28. The molecule has 0 saturated carbocycles. The fourth-order valence-electron chi connectivity index (χ4n) is 2.55. The van der Waals surface area contributed by atoms with Crippen LogP contribution in [0.4, 0.5) is 5.69 Å². The second-order valence-corrected chi connectivity index (χ2v) is 5.59. The molecule has 0 fully saturated rings. The maximum absolute atomic E-state index is 9.46. The number of likely N-dealkylation sites (N-methyl/N-ethyl adjacent to an activating group) is 1. The summed E-state index contributed by atoms with van der Waals surface area (Å²) in [5.74, 6) is 0. The SMILES string of the molecule is CN(C1CCc2cc(N)ccc21)C(C)(C)CO. The van der Waals surface area contributed by atoms with Crippen molar-refractivity contribution in [2.75, 3.05) is 19.4 Å². The molecule has 94 valence electrons. The van der Waals surface area contributed by atoms with Gasteiger partial charge < -0.3 is 10.8 Å². The van der Waals surface area contributed by atoms with E-state index in [0.29, 0.717) is 6.04 Å². The summed E-state index contributed by atoms with van der Waals surface area (Å²) in [5, 5.41) is 9.46. The van der Waals surface area contributed by atoms with Crippen LogP contribution in [-0.2, 0) is 6.42 Å². The molecular formula is C14H22N2O. The molecule has 1 atom stereocenters. The minimum absolute atomic E-state index is 0.171. The topological polar surface area (TPSA) is 49.5 Å². The van der Waals surface area contributed by atoms with E-state index in [1.165, 1.54) is 11.1 Å². The number of nitrogen functional groups attached to an aromatic ring is 1. The van der Waals surface area contributed by atoms with Crippen LogP contribution < -0.4 is 5.73 Å². The van der Waals surface area contributed by atoms with Gasteiger partial charge in [-0.05, 0) is 57.0 Å². The fraction of sp³-hybridized carbons (Fsp3) is 0.571. The van der Waals surface area contributed by atoms with E-state index in [4.69, 9.17) is 5.73 Å². The van der Waals surface area contributed by atoms with Crippen LogP contribution in [0.1, 0.15) is 37.4 Å². The summed E-state index contributed by atoms with van der Waals surface area (Å²) in [4.78, 5) is 2.27. The van der Waals surface area contributed by atoms with Gasteiger partial charge in [0.1, 0.15) is 0 Å². The summed E-state index contributed by atoms with van der Waals surface area (Å²) < 4.78 is 0. The zero-order chi connectivity index (χ0) is 12.6. The van der Waals surface area contributed by atoms with E-state index in [1.807, 2.05) is 6.07 Å². The number of aliphatic hydroxyl groups is 1. The summed E-state index contributed by atoms with van der Waals surface area (Å²) in [6.07, 6.45) is 2.19. The second kappa shape index (κ2) is 4.31. The van der Waals surface area contributed by atoms with Gasteiger partial charge in [0.15, 0.2) is 0 Å². The lowest BCUT2D eigenvalue weighted by Gasteiger charge is -2.38. The number of aliphatic hydroxyl groups excluding tert-OH is 1. The van der Waals surface area contributed by atoms with Crippen LogP contribution in [0.25, 0.3) is 0 Å². The van der Waals surface area contributed by atoms with Crippen molar-refractivity contribution in [3.63, 3.8) is 0 Å². The number of benzene rings is 1. The van der Waals surface area contributed by atoms with Crippen molar-refractivity contribution in [2.24, 2.45) is 0 Å². The third-order valence-corrected chi connectivity index (χ3v) is 4.02. The number of aryl methyl sites for hydroxylation is 1. The zero-order valence-corrected chi connectivity index (χ0v) is 10.9. The van der Waals surface area contributed by atoms with Crippen LogP contribution in [-0.4, -0.2) is 29.2 Å². The van der Waals surface area contributed by atoms with Gasteiger partial charge in [-0.3, -0.25) is 4.90 Å². The first kappa shape index (κ1) is 12.4. The number of hydrogen-bond donors (Lipinski definition) is 2. The van der Waals surface area contributed by atoms with Gasteiger partial charge in [-0.2, -0.15) is 0 Å². The van der Waals surface area contributed by atoms with Crippen LogP contribution in [0, 0.1) is 0 Å². The Morgan fingerprint density at radius 2 is 2.18 bits per heavy atom. The molecule has 0 heterocycles. The van der Waals surface area contributed by atoms with Gasteiger partial charge in [0.2, 0.25) is 0 Å². The molecule has 0 saturated heterocycles. The van der Waals surface area contributed by atoms with Gasteiger partial charge in [0.25, 0.3) is 0 Å². The van der Waals surface area contributed by atoms with E-state index in [1.54, 1.807) is 0 Å². The smallest absolute Gasteiger partial charge is 0.0610 e. The number of nitrogens with two attached hydrogens (primary N) is 1. The van der Waals surface area contributed by atoms with Crippen LogP contribution in [0.3, 0.4) is 0 Å². The average molecular weight is 234 g/mol. The van der Waals surface area contributed by atoms with Crippen molar-refractivity contribution in [1.29, 1.82) is 0 Å². The average Bonchev–Trinajstić information content (AvgIpc) is 2.70. The van der Waals surface area contributed by atoms with Crippen LogP contribution in [0.2, 0.25) is 0 Å². The Kier molecular flexibility index (Phi) is 3.15. The summed E-state index contributed by atoms with van der Waals surface area (Å²) in [7, 11) is 2.09.